The molecule has 2 aliphatic rings. The largest absolute Gasteiger partial charge is 0.369 e. The quantitative estimate of drug-likeness (QED) is 0.744. The number of sulfone groups is 1. The van der Waals surface area contributed by atoms with E-state index < -0.39 is 21.3 Å². The molecule has 0 saturated carbocycles. The van der Waals surface area contributed by atoms with Gasteiger partial charge in [-0.3, -0.25) is 9.69 Å². The molecule has 2 heterocycles. The molecule has 2 saturated heterocycles. The highest BCUT2D eigenvalue weighted by Gasteiger charge is 2.37. The van der Waals surface area contributed by atoms with Gasteiger partial charge in [0.1, 0.15) is 0 Å². The third-order valence-corrected chi connectivity index (χ3v) is 7.49. The molecule has 2 atom stereocenters. The van der Waals surface area contributed by atoms with E-state index in [1.807, 2.05) is 18.2 Å². The Labute approximate surface area is 164 Å². The lowest BCUT2D eigenvalue weighted by molar-refractivity contribution is -0.122. The van der Waals surface area contributed by atoms with Gasteiger partial charge in [-0.1, -0.05) is 17.7 Å². The van der Waals surface area contributed by atoms with Crippen molar-refractivity contribution in [1.29, 1.82) is 0 Å². The van der Waals surface area contributed by atoms with Crippen LogP contribution in [0.2, 0.25) is 5.02 Å². The molecular formula is C17H23Cl2N3O3S. The van der Waals surface area contributed by atoms with Crippen LogP contribution in [0.1, 0.15) is 5.56 Å². The maximum absolute atomic E-state index is 12.2. The summed E-state index contributed by atoms with van der Waals surface area (Å²) in [6.07, 6.45) is 0. The van der Waals surface area contributed by atoms with Gasteiger partial charge in [-0.2, -0.15) is 0 Å². The number of anilines is 1. The smallest absolute Gasteiger partial charge is 0.234 e. The number of benzene rings is 1. The van der Waals surface area contributed by atoms with E-state index in [-0.39, 0.29) is 24.0 Å². The predicted molar refractivity (Wildman–Crippen MR) is 105 cm³/mol. The minimum atomic E-state index is -3.15. The fraction of sp³-hybridized carbons (Fsp3) is 0.588. The van der Waals surface area contributed by atoms with Crippen molar-refractivity contribution >= 4 is 44.6 Å². The second kappa shape index (κ2) is 7.92. The Morgan fingerprint density at radius 1 is 1.23 bits per heavy atom. The molecule has 1 aromatic carbocycles. The van der Waals surface area contributed by atoms with Gasteiger partial charge < -0.3 is 10.2 Å². The van der Waals surface area contributed by atoms with Gasteiger partial charge in [0, 0.05) is 36.9 Å². The number of piperazine rings is 1. The van der Waals surface area contributed by atoms with Gasteiger partial charge in [0.25, 0.3) is 0 Å². The summed E-state index contributed by atoms with van der Waals surface area (Å²) in [5, 5.41) is 2.94. The fourth-order valence-corrected chi connectivity index (χ4v) is 6.18. The summed E-state index contributed by atoms with van der Waals surface area (Å²) in [6.45, 7) is 5.44. The van der Waals surface area contributed by atoms with Crippen LogP contribution in [0.5, 0.6) is 0 Å². The molecule has 1 aromatic rings. The van der Waals surface area contributed by atoms with E-state index in [9.17, 15) is 13.2 Å². The zero-order valence-electron chi connectivity index (χ0n) is 14.6. The first-order chi connectivity index (χ1) is 12.2. The van der Waals surface area contributed by atoms with Crippen LogP contribution in [0.4, 0.5) is 5.69 Å². The van der Waals surface area contributed by atoms with Gasteiger partial charge in [0.2, 0.25) is 5.91 Å². The number of hydrogen-bond acceptors (Lipinski definition) is 5. The van der Waals surface area contributed by atoms with Crippen molar-refractivity contribution in [3.63, 3.8) is 0 Å². The lowest BCUT2D eigenvalue weighted by Crippen LogP contribution is -2.51. The van der Waals surface area contributed by atoms with Gasteiger partial charge in [-0.25, -0.2) is 8.42 Å². The minimum absolute atomic E-state index is 0.0723. The van der Waals surface area contributed by atoms with Crippen LogP contribution in [0.3, 0.4) is 0 Å². The first-order valence-electron chi connectivity index (χ1n) is 8.61. The minimum Gasteiger partial charge on any atom is -0.369 e. The van der Waals surface area contributed by atoms with Gasteiger partial charge >= 0.3 is 0 Å². The fourth-order valence-electron chi connectivity index (χ4n) is 3.46. The lowest BCUT2D eigenvalue weighted by Gasteiger charge is -2.36. The molecular weight excluding hydrogens is 397 g/mol. The summed E-state index contributed by atoms with van der Waals surface area (Å²) in [4.78, 5) is 16.6. The second-order valence-electron chi connectivity index (χ2n) is 6.96. The first kappa shape index (κ1) is 19.7. The Kier molecular flexibility index (Phi) is 6.01. The molecule has 1 amide bonds. The molecule has 3 rings (SSSR count). The maximum Gasteiger partial charge on any atom is 0.234 e. The van der Waals surface area contributed by atoms with Gasteiger partial charge in [0.05, 0.1) is 29.5 Å². The standard InChI is InChI=1S/C17H23Cl2N3O3S/c1-12-2-3-13(18)8-16(12)22-6-4-21(5-7-22)9-17(23)20-15-11-26(24,25)10-14(15)19/h2-3,8,14-15H,4-7,9-11H2,1H3,(H,20,23)/t14-,15-/m1/s1. The van der Waals surface area contributed by atoms with E-state index in [0.29, 0.717) is 0 Å². The van der Waals surface area contributed by atoms with E-state index in [1.54, 1.807) is 0 Å². The average molecular weight is 420 g/mol. The van der Waals surface area contributed by atoms with Crippen molar-refractivity contribution in [2.75, 3.05) is 49.1 Å². The number of halogens is 2. The number of nitrogens with one attached hydrogen (secondary N) is 1. The van der Waals surface area contributed by atoms with Gasteiger partial charge in [-0.15, -0.1) is 11.6 Å². The van der Waals surface area contributed by atoms with Crippen LogP contribution >= 0.6 is 23.2 Å². The SMILES string of the molecule is Cc1ccc(Cl)cc1N1CCN(CC(=O)N[C@@H]2CS(=O)(=O)C[C@H]2Cl)CC1. The number of carbonyl (C=O) groups excluding carboxylic acids is 1. The molecule has 0 unspecified atom stereocenters. The molecule has 0 aliphatic carbocycles. The first-order valence-corrected chi connectivity index (χ1v) is 11.2. The Bertz CT molecular complexity index is 779. The summed E-state index contributed by atoms with van der Waals surface area (Å²) in [5.74, 6) is -0.323. The van der Waals surface area contributed by atoms with E-state index in [1.165, 1.54) is 5.56 Å². The number of hydrogen-bond donors (Lipinski definition) is 1. The Balaban J connectivity index is 1.49. The number of carbonyl (C=O) groups is 1. The third kappa shape index (κ3) is 4.82. The molecule has 9 heteroatoms. The zero-order valence-corrected chi connectivity index (χ0v) is 16.9. The van der Waals surface area contributed by atoms with Crippen molar-refractivity contribution in [1.82, 2.24) is 10.2 Å². The Morgan fingerprint density at radius 2 is 1.92 bits per heavy atom. The molecule has 144 valence electrons. The summed E-state index contributed by atoms with van der Waals surface area (Å²) in [7, 11) is -3.15. The molecule has 2 aliphatic heterocycles. The van der Waals surface area contributed by atoms with E-state index in [4.69, 9.17) is 23.2 Å². The lowest BCUT2D eigenvalue weighted by atomic mass is 10.1. The topological polar surface area (TPSA) is 69.7 Å². The van der Waals surface area contributed by atoms with E-state index in [2.05, 4.69) is 22.0 Å². The van der Waals surface area contributed by atoms with Crippen molar-refractivity contribution in [2.24, 2.45) is 0 Å². The van der Waals surface area contributed by atoms with Crippen molar-refractivity contribution in [2.45, 2.75) is 18.3 Å². The van der Waals surface area contributed by atoms with Crippen LogP contribution < -0.4 is 10.2 Å². The maximum atomic E-state index is 12.2. The normalized spacial score (nSPS) is 26.0. The zero-order chi connectivity index (χ0) is 18.9. The second-order valence-corrected chi connectivity index (χ2v) is 10.1. The summed E-state index contributed by atoms with van der Waals surface area (Å²) in [6, 6.07) is 5.37. The predicted octanol–water partition coefficient (Wildman–Crippen LogP) is 1.29. The van der Waals surface area contributed by atoms with Crippen LogP contribution in [-0.2, 0) is 14.6 Å². The van der Waals surface area contributed by atoms with Crippen molar-refractivity contribution in [3.8, 4) is 0 Å². The number of aryl methyl sites for hydroxylation is 1. The molecule has 26 heavy (non-hydrogen) atoms. The monoisotopic (exact) mass is 419 g/mol. The average Bonchev–Trinajstić information content (AvgIpc) is 2.82. The summed E-state index contributed by atoms with van der Waals surface area (Å²) in [5.41, 5.74) is 2.30. The third-order valence-electron chi connectivity index (χ3n) is 4.88. The molecule has 0 radical (unpaired) electrons. The van der Waals surface area contributed by atoms with Crippen molar-refractivity contribution in [3.05, 3.63) is 28.8 Å². The van der Waals surface area contributed by atoms with Crippen LogP contribution in [0, 0.1) is 6.92 Å². The van der Waals surface area contributed by atoms with Crippen LogP contribution in [0.15, 0.2) is 18.2 Å². The molecule has 0 bridgehead atoms. The van der Waals surface area contributed by atoms with Crippen molar-refractivity contribution < 1.29 is 13.2 Å². The van der Waals surface area contributed by atoms with Crippen LogP contribution in [-0.4, -0.2) is 74.9 Å². The molecule has 0 spiro atoms. The number of nitrogens with zero attached hydrogens (tertiary/aromatic N) is 2. The van der Waals surface area contributed by atoms with E-state index >= 15 is 0 Å². The number of rotatable bonds is 4. The van der Waals surface area contributed by atoms with E-state index in [0.717, 1.165) is 36.9 Å². The van der Waals surface area contributed by atoms with Crippen LogP contribution in [0.25, 0.3) is 0 Å². The molecule has 0 aromatic heterocycles. The number of alkyl halides is 1. The number of amides is 1. The highest BCUT2D eigenvalue weighted by atomic mass is 35.5. The Morgan fingerprint density at radius 3 is 2.54 bits per heavy atom. The highest BCUT2D eigenvalue weighted by molar-refractivity contribution is 7.91. The summed E-state index contributed by atoms with van der Waals surface area (Å²) >= 11 is 12.1. The van der Waals surface area contributed by atoms with Gasteiger partial charge in [0.15, 0.2) is 9.84 Å². The Hall–Kier alpha value is -1.02. The molecule has 6 nitrogen and oxygen atoms in total. The molecule has 2 fully saturated rings. The van der Waals surface area contributed by atoms with Gasteiger partial charge in [-0.05, 0) is 24.6 Å². The molecule has 1 N–H and O–H groups in total. The highest BCUT2D eigenvalue weighted by Crippen LogP contribution is 2.25. The summed E-state index contributed by atoms with van der Waals surface area (Å²) < 4.78 is 23.2.